The van der Waals surface area contributed by atoms with Crippen molar-refractivity contribution in [1.29, 1.82) is 0 Å². The van der Waals surface area contributed by atoms with Crippen LogP contribution in [0, 0.1) is 40.4 Å². The molecule has 10 atom stereocenters. The molecular weight excluding hydrogens is 550 g/mol. The van der Waals surface area contributed by atoms with Gasteiger partial charge in [0.2, 0.25) is 0 Å². The van der Waals surface area contributed by atoms with Crippen molar-refractivity contribution < 1.29 is 19.0 Å². The molecule has 0 aromatic carbocycles. The molecule has 13 nitrogen and oxygen atoms in total. The number of ether oxygens (including phenoxy) is 3. The van der Waals surface area contributed by atoms with Crippen molar-refractivity contribution in [2.45, 2.75) is 103 Å². The van der Waals surface area contributed by atoms with Crippen LogP contribution >= 0.6 is 0 Å². The highest BCUT2D eigenvalue weighted by Gasteiger charge is 2.66. The normalized spacial score (nSPS) is 37.9. The van der Waals surface area contributed by atoms with Crippen molar-refractivity contribution in [3.8, 4) is 0 Å². The molecule has 0 aliphatic heterocycles. The third-order valence-corrected chi connectivity index (χ3v) is 11.6. The maximum atomic E-state index is 13.0. The molecule has 4 aliphatic carbocycles. The van der Waals surface area contributed by atoms with E-state index in [2.05, 4.69) is 43.9 Å². The summed E-state index contributed by atoms with van der Waals surface area (Å²) in [6.45, 7) is 9.43. The number of fused-ring (bicyclic) bond motifs is 5. The van der Waals surface area contributed by atoms with E-state index in [0.29, 0.717) is 76.0 Å². The first-order valence-corrected chi connectivity index (χ1v) is 16.2. The molecule has 0 aromatic heterocycles. The maximum Gasteiger partial charge on any atom is 0.133 e. The van der Waals surface area contributed by atoms with Crippen LogP contribution in [0.15, 0.2) is 15.3 Å². The van der Waals surface area contributed by atoms with Gasteiger partial charge in [0.25, 0.3) is 0 Å². The summed E-state index contributed by atoms with van der Waals surface area (Å²) in [5.41, 5.74) is 25.8. The predicted molar refractivity (Wildman–Crippen MR) is 162 cm³/mol. The van der Waals surface area contributed by atoms with Crippen LogP contribution in [0.4, 0.5) is 0 Å². The van der Waals surface area contributed by atoms with Crippen molar-refractivity contribution in [3.63, 3.8) is 0 Å². The van der Waals surface area contributed by atoms with E-state index < -0.39 is 0 Å². The second-order valence-electron chi connectivity index (χ2n) is 13.5. The largest absolute Gasteiger partial charge is 0.378 e. The summed E-state index contributed by atoms with van der Waals surface area (Å²) in [5, 5.41) is 11.0. The molecule has 4 rings (SSSR count). The highest BCUT2D eigenvalue weighted by Crippen LogP contribution is 2.68. The van der Waals surface area contributed by atoms with Gasteiger partial charge in [0.05, 0.1) is 18.3 Å². The van der Waals surface area contributed by atoms with E-state index in [0.717, 1.165) is 51.4 Å². The van der Waals surface area contributed by atoms with Crippen molar-refractivity contribution in [3.05, 3.63) is 31.3 Å². The van der Waals surface area contributed by atoms with Gasteiger partial charge in [-0.25, -0.2) is 0 Å². The third kappa shape index (κ3) is 7.25. The highest BCUT2D eigenvalue weighted by molar-refractivity contribution is 5.79. The first-order valence-electron chi connectivity index (χ1n) is 16.2. The van der Waals surface area contributed by atoms with Crippen molar-refractivity contribution in [2.75, 3.05) is 39.5 Å². The van der Waals surface area contributed by atoms with Crippen LogP contribution in [0.2, 0.25) is 0 Å². The molecule has 0 spiro atoms. The lowest BCUT2D eigenvalue weighted by atomic mass is 9.43. The lowest BCUT2D eigenvalue weighted by Gasteiger charge is -2.64. The van der Waals surface area contributed by atoms with Gasteiger partial charge in [0.15, 0.2) is 0 Å². The predicted octanol–water partition coefficient (Wildman–Crippen LogP) is 7.71. The topological polar surface area (TPSA) is 191 Å². The van der Waals surface area contributed by atoms with Crippen molar-refractivity contribution >= 4 is 5.78 Å². The van der Waals surface area contributed by atoms with Crippen molar-refractivity contribution in [2.24, 2.45) is 55.8 Å². The van der Waals surface area contributed by atoms with Crippen molar-refractivity contribution in [1.82, 2.24) is 0 Å². The monoisotopic (exact) mass is 599 g/mol. The molecule has 4 fully saturated rings. The quantitative estimate of drug-likeness (QED) is 0.0759. The Hall–Kier alpha value is -2.52. The molecule has 0 N–H and O–H groups in total. The Morgan fingerprint density at radius 3 is 2.00 bits per heavy atom. The summed E-state index contributed by atoms with van der Waals surface area (Å²) in [5.74, 6) is 1.69. The first-order chi connectivity index (χ1) is 20.8. The number of carbonyl (C=O) groups excluding carboxylic acids is 1. The fourth-order valence-electron chi connectivity index (χ4n) is 9.59. The molecule has 4 aliphatic rings. The highest BCUT2D eigenvalue weighted by atomic mass is 16.5. The van der Waals surface area contributed by atoms with Gasteiger partial charge < -0.3 is 14.2 Å². The van der Waals surface area contributed by atoms with Crippen LogP contribution in [-0.4, -0.2) is 63.6 Å². The lowest BCUT2D eigenvalue weighted by Crippen LogP contribution is -2.63. The number of ketones is 1. The Balaban J connectivity index is 1.59. The minimum absolute atomic E-state index is 0.0359. The Morgan fingerprint density at radius 1 is 0.791 bits per heavy atom. The number of azide groups is 3. The van der Waals surface area contributed by atoms with Crippen LogP contribution in [0.25, 0.3) is 31.3 Å². The third-order valence-electron chi connectivity index (χ3n) is 11.6. The fraction of sp³-hybridized carbons (Fsp3) is 0.967. The van der Waals surface area contributed by atoms with E-state index in [9.17, 15) is 4.79 Å². The van der Waals surface area contributed by atoms with E-state index in [1.807, 2.05) is 0 Å². The van der Waals surface area contributed by atoms with E-state index in [1.54, 1.807) is 6.92 Å². The molecular formula is C30H49N9O4. The number of carbonyl (C=O) groups is 1. The summed E-state index contributed by atoms with van der Waals surface area (Å²) < 4.78 is 19.7. The Labute approximate surface area is 254 Å². The molecule has 238 valence electrons. The molecule has 0 radical (unpaired) electrons. The van der Waals surface area contributed by atoms with Crippen LogP contribution in [0.5, 0.6) is 0 Å². The number of nitrogens with zero attached hydrogens (tertiary/aromatic N) is 9. The average Bonchev–Trinajstić information content (AvgIpc) is 3.35. The van der Waals surface area contributed by atoms with Crippen LogP contribution < -0.4 is 0 Å². The Kier molecular flexibility index (Phi) is 12.0. The number of rotatable bonds is 16. The second kappa shape index (κ2) is 15.5. The summed E-state index contributed by atoms with van der Waals surface area (Å²) >= 11 is 0. The number of Topliss-reactive ketones (excluding diaryl/α,β-unsaturated/α-hetero) is 1. The van der Waals surface area contributed by atoms with Gasteiger partial charge in [-0.1, -0.05) is 29.2 Å². The summed E-state index contributed by atoms with van der Waals surface area (Å²) in [6, 6.07) is 0. The molecule has 0 bridgehead atoms. The van der Waals surface area contributed by atoms with E-state index in [4.69, 9.17) is 30.8 Å². The minimum Gasteiger partial charge on any atom is -0.378 e. The minimum atomic E-state index is -0.270. The zero-order valence-corrected chi connectivity index (χ0v) is 26.1. The van der Waals surface area contributed by atoms with Crippen LogP contribution in [0.3, 0.4) is 0 Å². The molecule has 0 saturated heterocycles. The van der Waals surface area contributed by atoms with Gasteiger partial charge in [-0.15, -0.1) is 0 Å². The SMILES string of the molecule is CC(=O)[C@H]1CC[C@H]2[C@@H]3[C@H](OCCCN=[N+]=[N-])C[C@@H]4C[C@@H](OCCCN=[N+]=[N-])CC[C@]4(C)[C@H]3C[C@H](OCCCN=[N+]=[N-])[C@]12C. The van der Waals surface area contributed by atoms with Gasteiger partial charge >= 0.3 is 0 Å². The molecule has 0 aromatic rings. The van der Waals surface area contributed by atoms with E-state index in [1.165, 1.54) is 0 Å². The zero-order chi connectivity index (χ0) is 30.9. The standard InChI is InChI=1S/C30H49N9O4/c1-20(40)23-7-8-24-28-25(19-27(30(23,24)3)43-16-6-13-36-39-33)29(2)10-9-22(41-14-4-11-34-37-31)17-21(29)18-26(28)42-15-5-12-35-38-32/h21-28H,4-19H2,1-3H3/t21-,22-,23+,24-,25-,26+,27-,28-,29-,30+/m0/s1. The van der Waals surface area contributed by atoms with Gasteiger partial charge in [-0.05, 0) is 117 Å². The van der Waals surface area contributed by atoms with Gasteiger partial charge in [0, 0.05) is 65.5 Å². The fourth-order valence-corrected chi connectivity index (χ4v) is 9.59. The summed E-state index contributed by atoms with van der Waals surface area (Å²) in [6.07, 6.45) is 9.08. The first kappa shape index (κ1) is 33.4. The van der Waals surface area contributed by atoms with E-state index >= 15 is 0 Å². The average molecular weight is 600 g/mol. The van der Waals surface area contributed by atoms with Crippen LogP contribution in [0.1, 0.15) is 85.0 Å². The Morgan fingerprint density at radius 2 is 1.40 bits per heavy atom. The van der Waals surface area contributed by atoms with E-state index in [-0.39, 0.29) is 40.8 Å². The number of hydrogen-bond donors (Lipinski definition) is 0. The van der Waals surface area contributed by atoms with Gasteiger partial charge in [0.1, 0.15) is 5.78 Å². The molecule has 0 heterocycles. The maximum absolute atomic E-state index is 13.0. The molecule has 0 amide bonds. The molecule has 0 unspecified atom stereocenters. The number of hydrogen-bond acceptors (Lipinski definition) is 7. The smallest absolute Gasteiger partial charge is 0.133 e. The van der Waals surface area contributed by atoms with Gasteiger partial charge in [-0.2, -0.15) is 0 Å². The lowest BCUT2D eigenvalue weighted by molar-refractivity contribution is -0.224. The molecule has 4 saturated carbocycles. The molecule has 13 heteroatoms. The Bertz CT molecular complexity index is 1110. The summed E-state index contributed by atoms with van der Waals surface area (Å²) in [4.78, 5) is 21.6. The summed E-state index contributed by atoms with van der Waals surface area (Å²) in [7, 11) is 0. The zero-order valence-electron chi connectivity index (χ0n) is 26.1. The van der Waals surface area contributed by atoms with Crippen LogP contribution in [-0.2, 0) is 19.0 Å². The molecule has 43 heavy (non-hydrogen) atoms. The second-order valence-corrected chi connectivity index (χ2v) is 13.5. The van der Waals surface area contributed by atoms with Gasteiger partial charge in [-0.3, -0.25) is 4.79 Å².